The molecule has 3 nitrogen and oxygen atoms in total. The lowest BCUT2D eigenvalue weighted by molar-refractivity contribution is 0.513. The van der Waals surface area contributed by atoms with E-state index in [0.29, 0.717) is 5.69 Å². The van der Waals surface area contributed by atoms with E-state index in [1.54, 1.807) is 19.2 Å². The molecule has 0 saturated carbocycles. The van der Waals surface area contributed by atoms with Gasteiger partial charge in [-0.05, 0) is 12.1 Å². The van der Waals surface area contributed by atoms with Crippen molar-refractivity contribution in [3.8, 4) is 0 Å². The molecule has 9 heavy (non-hydrogen) atoms. The average molecular weight is 125 g/mol. The fraction of sp³-hybridized carbons (Fsp3) is 0.167. The van der Waals surface area contributed by atoms with Crippen molar-refractivity contribution in [1.29, 1.82) is 0 Å². The molecule has 0 fully saturated rings. The third kappa shape index (κ3) is 1.10. The highest BCUT2D eigenvalue weighted by Gasteiger charge is 1.91. The van der Waals surface area contributed by atoms with Crippen LogP contribution in [0.15, 0.2) is 27.6 Å². The van der Waals surface area contributed by atoms with Crippen LogP contribution in [0.1, 0.15) is 0 Å². The quantitative estimate of drug-likeness (QED) is 0.600. The summed E-state index contributed by atoms with van der Waals surface area (Å²) in [4.78, 5) is 10.6. The van der Waals surface area contributed by atoms with Crippen molar-refractivity contribution in [3.05, 3.63) is 28.8 Å². The first-order valence-corrected chi connectivity index (χ1v) is 2.60. The van der Waals surface area contributed by atoms with Crippen LogP contribution in [0.4, 0.5) is 5.69 Å². The minimum atomic E-state index is -0.333. The topological polar surface area (TPSA) is 42.2 Å². The highest BCUT2D eigenvalue weighted by Crippen LogP contribution is 1.93. The van der Waals surface area contributed by atoms with E-state index in [0.717, 1.165) is 0 Å². The van der Waals surface area contributed by atoms with E-state index in [4.69, 9.17) is 0 Å². The Morgan fingerprint density at radius 2 is 2.44 bits per heavy atom. The highest BCUT2D eigenvalue weighted by molar-refractivity contribution is 5.37. The molecule has 0 amide bonds. The summed E-state index contributed by atoms with van der Waals surface area (Å²) in [5, 5.41) is 2.69. The normalized spacial score (nSPS) is 9.00. The first kappa shape index (κ1) is 5.88. The summed E-state index contributed by atoms with van der Waals surface area (Å²) in [6.07, 6.45) is 1.35. The van der Waals surface area contributed by atoms with Gasteiger partial charge < -0.3 is 9.73 Å². The molecule has 0 aliphatic rings. The zero-order valence-electron chi connectivity index (χ0n) is 5.05. The maximum atomic E-state index is 10.6. The molecule has 48 valence electrons. The van der Waals surface area contributed by atoms with Gasteiger partial charge >= 0.3 is 5.63 Å². The van der Waals surface area contributed by atoms with Gasteiger partial charge in [0.2, 0.25) is 0 Å². The van der Waals surface area contributed by atoms with Crippen molar-refractivity contribution < 1.29 is 4.42 Å². The molecule has 0 bridgehead atoms. The summed E-state index contributed by atoms with van der Waals surface area (Å²) in [6, 6.07) is 3.32. The lowest BCUT2D eigenvalue weighted by atomic mass is 10.4. The summed E-state index contributed by atoms with van der Waals surface area (Å²) in [7, 11) is 1.67. The molecule has 0 unspecified atom stereocenters. The molecule has 3 heteroatoms. The molecule has 1 rings (SSSR count). The van der Waals surface area contributed by atoms with Gasteiger partial charge in [0.05, 0.1) is 6.26 Å². The maximum absolute atomic E-state index is 10.6. The zero-order chi connectivity index (χ0) is 6.69. The molecule has 0 radical (unpaired) electrons. The van der Waals surface area contributed by atoms with Crippen molar-refractivity contribution >= 4 is 5.69 Å². The van der Waals surface area contributed by atoms with Gasteiger partial charge in [0, 0.05) is 7.05 Å². The molecule has 1 aromatic heterocycles. The van der Waals surface area contributed by atoms with Crippen LogP contribution in [0.5, 0.6) is 0 Å². The fourth-order valence-electron chi connectivity index (χ4n) is 0.554. The van der Waals surface area contributed by atoms with Gasteiger partial charge in [-0.1, -0.05) is 0 Å². The number of hydrogen-bond acceptors (Lipinski definition) is 3. The second kappa shape index (κ2) is 2.35. The summed E-state index contributed by atoms with van der Waals surface area (Å²) in [5.74, 6) is 0. The van der Waals surface area contributed by atoms with E-state index in [9.17, 15) is 4.79 Å². The Kier molecular flexibility index (Phi) is 1.53. The zero-order valence-corrected chi connectivity index (χ0v) is 5.05. The van der Waals surface area contributed by atoms with E-state index in [2.05, 4.69) is 9.73 Å². The first-order valence-electron chi connectivity index (χ1n) is 2.60. The lowest BCUT2D eigenvalue weighted by Crippen LogP contribution is -2.04. The van der Waals surface area contributed by atoms with Crippen LogP contribution < -0.4 is 10.9 Å². The SMILES string of the molecule is CNc1cccoc1=O. The van der Waals surface area contributed by atoms with Gasteiger partial charge in [-0.3, -0.25) is 0 Å². The summed E-state index contributed by atoms with van der Waals surface area (Å²) in [6.45, 7) is 0. The Hall–Kier alpha value is -1.25. The van der Waals surface area contributed by atoms with Crippen LogP contribution in [-0.2, 0) is 0 Å². The predicted octanol–water partition coefficient (Wildman–Crippen LogP) is 0.681. The van der Waals surface area contributed by atoms with Gasteiger partial charge in [-0.15, -0.1) is 0 Å². The monoisotopic (exact) mass is 125 g/mol. The van der Waals surface area contributed by atoms with Crippen LogP contribution >= 0.6 is 0 Å². The number of rotatable bonds is 1. The molecule has 0 atom stereocenters. The molecule has 0 aliphatic carbocycles. The molecule has 0 saturated heterocycles. The predicted molar refractivity (Wildman–Crippen MR) is 34.5 cm³/mol. The van der Waals surface area contributed by atoms with Crippen molar-refractivity contribution in [2.45, 2.75) is 0 Å². The summed E-state index contributed by atoms with van der Waals surface area (Å²) < 4.78 is 4.53. The Balaban J connectivity index is 3.16. The van der Waals surface area contributed by atoms with E-state index >= 15 is 0 Å². The van der Waals surface area contributed by atoms with Crippen molar-refractivity contribution in [2.75, 3.05) is 12.4 Å². The molecule has 1 N–H and O–H groups in total. The van der Waals surface area contributed by atoms with Crippen molar-refractivity contribution in [2.24, 2.45) is 0 Å². The lowest BCUT2D eigenvalue weighted by Gasteiger charge is -1.92. The number of nitrogens with one attached hydrogen (secondary N) is 1. The summed E-state index contributed by atoms with van der Waals surface area (Å²) in [5.41, 5.74) is 0.150. The van der Waals surface area contributed by atoms with Crippen molar-refractivity contribution in [1.82, 2.24) is 0 Å². The van der Waals surface area contributed by atoms with Crippen LogP contribution in [0.2, 0.25) is 0 Å². The van der Waals surface area contributed by atoms with E-state index < -0.39 is 0 Å². The Labute approximate surface area is 52.3 Å². The number of anilines is 1. The largest absolute Gasteiger partial charge is 0.430 e. The number of hydrogen-bond donors (Lipinski definition) is 1. The van der Waals surface area contributed by atoms with Gasteiger partial charge in [0.1, 0.15) is 5.69 Å². The van der Waals surface area contributed by atoms with Crippen LogP contribution in [0.3, 0.4) is 0 Å². The highest BCUT2D eigenvalue weighted by atomic mass is 16.4. The standard InChI is InChI=1S/C6H7NO2/c1-7-5-3-2-4-9-6(5)8/h2-4,7H,1H3. The smallest absolute Gasteiger partial charge is 0.359 e. The second-order valence-corrected chi connectivity index (χ2v) is 1.56. The van der Waals surface area contributed by atoms with Gasteiger partial charge in [-0.2, -0.15) is 0 Å². The van der Waals surface area contributed by atoms with Crippen LogP contribution in [0, 0.1) is 0 Å². The van der Waals surface area contributed by atoms with E-state index in [1.807, 2.05) is 0 Å². The first-order chi connectivity index (χ1) is 4.34. The van der Waals surface area contributed by atoms with E-state index in [1.165, 1.54) is 6.26 Å². The molecule has 0 aliphatic heterocycles. The molecular weight excluding hydrogens is 118 g/mol. The van der Waals surface area contributed by atoms with Gasteiger partial charge in [-0.25, -0.2) is 4.79 Å². The molecule has 0 spiro atoms. The third-order valence-corrected chi connectivity index (χ3v) is 1.01. The van der Waals surface area contributed by atoms with Gasteiger partial charge in [0.15, 0.2) is 0 Å². The minimum absolute atomic E-state index is 0.333. The van der Waals surface area contributed by atoms with Crippen LogP contribution in [-0.4, -0.2) is 7.05 Å². The Morgan fingerprint density at radius 3 is 2.89 bits per heavy atom. The Bertz CT molecular complexity index is 241. The third-order valence-electron chi connectivity index (χ3n) is 1.01. The molecule has 1 aromatic rings. The fourth-order valence-corrected chi connectivity index (χ4v) is 0.554. The van der Waals surface area contributed by atoms with Crippen LogP contribution in [0.25, 0.3) is 0 Å². The second-order valence-electron chi connectivity index (χ2n) is 1.56. The molecular formula is C6H7NO2. The molecule has 1 heterocycles. The van der Waals surface area contributed by atoms with Crippen molar-refractivity contribution in [3.63, 3.8) is 0 Å². The molecule has 0 aromatic carbocycles. The Morgan fingerprint density at radius 1 is 1.67 bits per heavy atom. The van der Waals surface area contributed by atoms with Gasteiger partial charge in [0.25, 0.3) is 0 Å². The minimum Gasteiger partial charge on any atom is -0.430 e. The maximum Gasteiger partial charge on any atom is 0.359 e. The average Bonchev–Trinajstić information content (AvgIpc) is 1.89. The van der Waals surface area contributed by atoms with E-state index in [-0.39, 0.29) is 5.63 Å². The summed E-state index contributed by atoms with van der Waals surface area (Å²) >= 11 is 0.